The Labute approximate surface area is 134 Å². The lowest BCUT2D eigenvalue weighted by molar-refractivity contribution is 0.0963. The average Bonchev–Trinajstić information content (AvgIpc) is 2.97. The molecular formula is C16H20N4OS. The summed E-state index contributed by atoms with van der Waals surface area (Å²) in [5.74, 6) is 0.503. The molecule has 0 unspecified atom stereocenters. The number of nitrogens with one attached hydrogen (secondary N) is 2. The highest BCUT2D eigenvalue weighted by Crippen LogP contribution is 2.26. The summed E-state index contributed by atoms with van der Waals surface area (Å²) in [7, 11) is 1.62. The fraction of sp³-hybridized carbons (Fsp3) is 0.438. The molecule has 2 heterocycles. The summed E-state index contributed by atoms with van der Waals surface area (Å²) < 4.78 is 0. The van der Waals surface area contributed by atoms with Gasteiger partial charge < -0.3 is 10.6 Å². The number of pyridine rings is 1. The molecule has 0 aromatic carbocycles. The molecule has 2 aromatic heterocycles. The van der Waals surface area contributed by atoms with E-state index in [4.69, 9.17) is 4.98 Å². The van der Waals surface area contributed by atoms with E-state index in [1.54, 1.807) is 25.4 Å². The summed E-state index contributed by atoms with van der Waals surface area (Å²) in [6.45, 7) is 0.730. The van der Waals surface area contributed by atoms with E-state index in [9.17, 15) is 4.79 Å². The van der Waals surface area contributed by atoms with Crippen molar-refractivity contribution in [1.29, 1.82) is 0 Å². The van der Waals surface area contributed by atoms with E-state index < -0.39 is 0 Å². The Balaban J connectivity index is 1.61. The summed E-state index contributed by atoms with van der Waals surface area (Å²) in [6, 6.07) is 3.54. The molecule has 5 nitrogen and oxygen atoms in total. The zero-order chi connectivity index (χ0) is 15.4. The van der Waals surface area contributed by atoms with E-state index in [2.05, 4.69) is 15.6 Å². The second kappa shape index (κ2) is 6.87. The highest BCUT2D eigenvalue weighted by molar-refractivity contribution is 7.11. The van der Waals surface area contributed by atoms with Crippen LogP contribution in [0.2, 0.25) is 0 Å². The molecule has 1 amide bonds. The minimum atomic E-state index is -0.125. The van der Waals surface area contributed by atoms with Crippen molar-refractivity contribution in [3.63, 3.8) is 0 Å². The van der Waals surface area contributed by atoms with Crippen LogP contribution in [0.1, 0.15) is 38.8 Å². The lowest BCUT2D eigenvalue weighted by Crippen LogP contribution is -2.20. The molecule has 0 fully saturated rings. The summed E-state index contributed by atoms with van der Waals surface area (Å²) in [4.78, 5) is 22.3. The number of amides is 1. The number of fused-ring (bicyclic) bond motifs is 1. The van der Waals surface area contributed by atoms with Crippen molar-refractivity contribution in [1.82, 2.24) is 15.3 Å². The van der Waals surface area contributed by atoms with Crippen LogP contribution in [0.3, 0.4) is 0 Å². The van der Waals surface area contributed by atoms with E-state index in [1.807, 2.05) is 11.3 Å². The van der Waals surface area contributed by atoms with Crippen molar-refractivity contribution in [2.75, 3.05) is 18.9 Å². The zero-order valence-electron chi connectivity index (χ0n) is 12.7. The van der Waals surface area contributed by atoms with Gasteiger partial charge in [-0.1, -0.05) is 0 Å². The lowest BCUT2D eigenvalue weighted by atomic mass is 10.0. The molecule has 116 valence electrons. The van der Waals surface area contributed by atoms with Gasteiger partial charge in [0.25, 0.3) is 5.91 Å². The monoisotopic (exact) mass is 316 g/mol. The predicted octanol–water partition coefficient (Wildman–Crippen LogP) is 2.43. The fourth-order valence-electron chi connectivity index (χ4n) is 2.66. The molecule has 2 aromatic rings. The summed E-state index contributed by atoms with van der Waals surface area (Å²) in [5.41, 5.74) is 1.87. The predicted molar refractivity (Wildman–Crippen MR) is 88.6 cm³/mol. The molecule has 0 aliphatic heterocycles. The summed E-state index contributed by atoms with van der Waals surface area (Å²) in [5, 5.41) is 7.06. The third kappa shape index (κ3) is 3.27. The Hall–Kier alpha value is -1.95. The molecule has 0 atom stereocenters. The minimum absolute atomic E-state index is 0.125. The third-order valence-electron chi connectivity index (χ3n) is 3.80. The number of anilines is 1. The quantitative estimate of drug-likeness (QED) is 0.889. The molecule has 1 aliphatic carbocycles. The minimum Gasteiger partial charge on any atom is -0.369 e. The van der Waals surface area contributed by atoms with Crippen molar-refractivity contribution < 1.29 is 4.79 Å². The first-order chi connectivity index (χ1) is 10.8. The van der Waals surface area contributed by atoms with Gasteiger partial charge in [-0.2, -0.15) is 0 Å². The normalized spacial score (nSPS) is 13.5. The van der Waals surface area contributed by atoms with Gasteiger partial charge in [-0.15, -0.1) is 11.3 Å². The molecule has 22 heavy (non-hydrogen) atoms. The maximum atomic E-state index is 11.8. The van der Waals surface area contributed by atoms with Gasteiger partial charge in [0, 0.05) is 31.1 Å². The standard InChI is InChI=1S/C16H20N4OS/c1-17-16(21)11-5-4-9-18-15(11)19-10-8-14-20-12-6-2-3-7-13(12)22-14/h4-5,9H,2-3,6-8,10H2,1H3,(H,17,21)(H,18,19). The number of aryl methyl sites for hydroxylation is 2. The third-order valence-corrected chi connectivity index (χ3v) is 5.02. The maximum Gasteiger partial charge on any atom is 0.254 e. The first-order valence-electron chi connectivity index (χ1n) is 7.66. The molecule has 0 bridgehead atoms. The second-order valence-corrected chi connectivity index (χ2v) is 6.51. The average molecular weight is 316 g/mol. The van der Waals surface area contributed by atoms with E-state index in [-0.39, 0.29) is 5.91 Å². The lowest BCUT2D eigenvalue weighted by Gasteiger charge is -2.08. The first kappa shape index (κ1) is 15.0. The molecule has 0 saturated carbocycles. The highest BCUT2D eigenvalue weighted by atomic mass is 32.1. The first-order valence-corrected chi connectivity index (χ1v) is 8.48. The number of hydrogen-bond donors (Lipinski definition) is 2. The van der Waals surface area contributed by atoms with E-state index >= 15 is 0 Å². The van der Waals surface area contributed by atoms with Gasteiger partial charge in [0.15, 0.2) is 0 Å². The molecule has 3 rings (SSSR count). The van der Waals surface area contributed by atoms with Crippen molar-refractivity contribution in [2.24, 2.45) is 0 Å². The zero-order valence-corrected chi connectivity index (χ0v) is 13.5. The van der Waals surface area contributed by atoms with Gasteiger partial charge in [-0.05, 0) is 37.8 Å². The number of aromatic nitrogens is 2. The van der Waals surface area contributed by atoms with Gasteiger partial charge in [0.2, 0.25) is 0 Å². The van der Waals surface area contributed by atoms with Crippen molar-refractivity contribution >= 4 is 23.1 Å². The van der Waals surface area contributed by atoms with Crippen LogP contribution in [-0.2, 0) is 19.3 Å². The van der Waals surface area contributed by atoms with Gasteiger partial charge >= 0.3 is 0 Å². The molecule has 1 aliphatic rings. The Morgan fingerprint density at radius 1 is 1.36 bits per heavy atom. The summed E-state index contributed by atoms with van der Waals surface area (Å²) >= 11 is 1.83. The summed E-state index contributed by atoms with van der Waals surface area (Å²) in [6.07, 6.45) is 7.41. The van der Waals surface area contributed by atoms with Gasteiger partial charge in [0.1, 0.15) is 5.82 Å². The van der Waals surface area contributed by atoms with Crippen LogP contribution in [0, 0.1) is 0 Å². The molecular weight excluding hydrogens is 296 g/mol. The highest BCUT2D eigenvalue weighted by Gasteiger charge is 2.15. The van der Waals surface area contributed by atoms with Crippen LogP contribution in [0.25, 0.3) is 0 Å². The van der Waals surface area contributed by atoms with Crippen LogP contribution < -0.4 is 10.6 Å². The number of carbonyl (C=O) groups is 1. The largest absolute Gasteiger partial charge is 0.369 e. The van der Waals surface area contributed by atoms with Crippen LogP contribution in [0.4, 0.5) is 5.82 Å². The van der Waals surface area contributed by atoms with E-state index in [1.165, 1.54) is 34.8 Å². The van der Waals surface area contributed by atoms with Gasteiger partial charge in [0.05, 0.1) is 16.3 Å². The second-order valence-electron chi connectivity index (χ2n) is 5.34. The smallest absolute Gasteiger partial charge is 0.254 e. The number of rotatable bonds is 5. The number of carbonyl (C=O) groups excluding carboxylic acids is 1. The van der Waals surface area contributed by atoms with Gasteiger partial charge in [-0.25, -0.2) is 9.97 Å². The van der Waals surface area contributed by atoms with Crippen molar-refractivity contribution in [3.05, 3.63) is 39.5 Å². The SMILES string of the molecule is CNC(=O)c1cccnc1NCCc1nc2c(s1)CCCC2. The van der Waals surface area contributed by atoms with Crippen molar-refractivity contribution in [2.45, 2.75) is 32.1 Å². The topological polar surface area (TPSA) is 66.9 Å². The Morgan fingerprint density at radius 2 is 2.23 bits per heavy atom. The Bertz CT molecular complexity index is 644. The molecule has 0 spiro atoms. The maximum absolute atomic E-state index is 11.8. The Morgan fingerprint density at radius 3 is 3.05 bits per heavy atom. The molecule has 2 N–H and O–H groups in total. The van der Waals surface area contributed by atoms with Crippen LogP contribution in [-0.4, -0.2) is 29.5 Å². The molecule has 0 radical (unpaired) electrons. The van der Waals surface area contributed by atoms with Crippen molar-refractivity contribution in [3.8, 4) is 0 Å². The number of thiazole rings is 1. The van der Waals surface area contributed by atoms with E-state index in [0.29, 0.717) is 11.4 Å². The Kier molecular flexibility index (Phi) is 4.68. The molecule has 0 saturated heterocycles. The van der Waals surface area contributed by atoms with E-state index in [0.717, 1.165) is 19.4 Å². The fourth-order valence-corrected chi connectivity index (χ4v) is 3.82. The molecule has 6 heteroatoms. The van der Waals surface area contributed by atoms with Crippen LogP contribution >= 0.6 is 11.3 Å². The van der Waals surface area contributed by atoms with Crippen LogP contribution in [0.15, 0.2) is 18.3 Å². The van der Waals surface area contributed by atoms with Gasteiger partial charge in [-0.3, -0.25) is 4.79 Å². The van der Waals surface area contributed by atoms with Crippen LogP contribution in [0.5, 0.6) is 0 Å². The number of hydrogen-bond acceptors (Lipinski definition) is 5. The number of nitrogens with zero attached hydrogens (tertiary/aromatic N) is 2.